The van der Waals surface area contributed by atoms with Crippen LogP contribution >= 0.6 is 0 Å². The number of carbonyl (C=O) groups excluding carboxylic acids is 1. The summed E-state index contributed by atoms with van der Waals surface area (Å²) in [6, 6.07) is 9.58. The normalized spacial score (nSPS) is 11.8. The van der Waals surface area contributed by atoms with Crippen molar-refractivity contribution in [2.45, 2.75) is 26.4 Å². The lowest BCUT2D eigenvalue weighted by molar-refractivity contribution is 0.102. The number of H-pyrrole nitrogens is 1. The Kier molecular flexibility index (Phi) is 7.80. The number of aliphatic hydroxyl groups excluding tert-OH is 1. The molecule has 0 aliphatic rings. The maximum atomic E-state index is 15.1. The van der Waals surface area contributed by atoms with Crippen molar-refractivity contribution in [3.8, 4) is 17.2 Å². The SMILES string of the molecule is CCn1cc(C(=O)Nc2ccc(Oc3ccnc4[nH]nc(N[C@@H](C)CO)c34)c(F)c2)c(=O)n(-c2ccc(F)cc2)c1=O. The lowest BCUT2D eigenvalue weighted by Crippen LogP contribution is -2.42. The Hall–Kier alpha value is -5.37. The van der Waals surface area contributed by atoms with Gasteiger partial charge in [0.1, 0.15) is 22.5 Å². The van der Waals surface area contributed by atoms with Crippen molar-refractivity contribution in [2.75, 3.05) is 17.2 Å². The van der Waals surface area contributed by atoms with E-state index in [4.69, 9.17) is 4.74 Å². The van der Waals surface area contributed by atoms with Crippen molar-refractivity contribution in [3.63, 3.8) is 0 Å². The summed E-state index contributed by atoms with van der Waals surface area (Å²) in [4.78, 5) is 43.3. The van der Waals surface area contributed by atoms with E-state index < -0.39 is 28.8 Å². The first kappa shape index (κ1) is 28.2. The monoisotopic (exact) mass is 577 g/mol. The van der Waals surface area contributed by atoms with Crippen LogP contribution in [0.15, 0.2) is 70.5 Å². The quantitative estimate of drug-likeness (QED) is 0.208. The molecule has 0 fully saturated rings. The molecule has 3 heterocycles. The van der Waals surface area contributed by atoms with Gasteiger partial charge >= 0.3 is 5.69 Å². The van der Waals surface area contributed by atoms with E-state index in [1.807, 2.05) is 0 Å². The Morgan fingerprint density at radius 3 is 2.57 bits per heavy atom. The number of pyridine rings is 1. The molecule has 5 aromatic rings. The Labute approximate surface area is 236 Å². The minimum absolute atomic E-state index is 0.0224. The summed E-state index contributed by atoms with van der Waals surface area (Å²) < 4.78 is 36.3. The molecule has 5 rings (SSSR count). The molecule has 0 saturated heterocycles. The zero-order chi connectivity index (χ0) is 30.0. The lowest BCUT2D eigenvalue weighted by Gasteiger charge is -2.13. The van der Waals surface area contributed by atoms with Gasteiger partial charge in [-0.15, -0.1) is 0 Å². The van der Waals surface area contributed by atoms with Gasteiger partial charge in [-0.25, -0.2) is 23.1 Å². The van der Waals surface area contributed by atoms with Crippen LogP contribution < -0.4 is 26.6 Å². The molecule has 0 radical (unpaired) electrons. The van der Waals surface area contributed by atoms with Crippen molar-refractivity contribution < 1.29 is 23.4 Å². The molecule has 1 amide bonds. The molecule has 4 N–H and O–H groups in total. The maximum Gasteiger partial charge on any atom is 0.335 e. The highest BCUT2D eigenvalue weighted by atomic mass is 19.1. The van der Waals surface area contributed by atoms with Gasteiger partial charge in [0.05, 0.1) is 12.3 Å². The number of nitrogens with one attached hydrogen (secondary N) is 3. The summed E-state index contributed by atoms with van der Waals surface area (Å²) in [5.74, 6) is -1.83. The predicted octanol–water partition coefficient (Wildman–Crippen LogP) is 3.41. The van der Waals surface area contributed by atoms with Gasteiger partial charge in [0, 0.05) is 42.8 Å². The first-order valence-corrected chi connectivity index (χ1v) is 12.8. The van der Waals surface area contributed by atoms with Crippen LogP contribution in [-0.4, -0.2) is 48.0 Å². The number of aromatic amines is 1. The van der Waals surface area contributed by atoms with Crippen LogP contribution in [0.4, 0.5) is 20.3 Å². The topological polar surface area (TPSA) is 156 Å². The number of aliphatic hydroxyl groups is 1. The molecule has 0 aliphatic carbocycles. The number of aromatic nitrogens is 5. The number of anilines is 2. The fraction of sp³-hybridized carbons (Fsp3) is 0.179. The minimum Gasteiger partial charge on any atom is -0.453 e. The van der Waals surface area contributed by atoms with Gasteiger partial charge in [-0.05, 0) is 50.2 Å². The molecule has 2 aromatic carbocycles. The van der Waals surface area contributed by atoms with E-state index >= 15 is 4.39 Å². The maximum absolute atomic E-state index is 15.1. The van der Waals surface area contributed by atoms with E-state index in [0.717, 1.165) is 33.5 Å². The number of fused-ring (bicyclic) bond motifs is 1. The van der Waals surface area contributed by atoms with Crippen molar-refractivity contribution in [1.82, 2.24) is 24.3 Å². The third-order valence-electron chi connectivity index (χ3n) is 6.32. The number of ether oxygens (including phenoxy) is 1. The number of amides is 1. The molecule has 14 heteroatoms. The highest BCUT2D eigenvalue weighted by Crippen LogP contribution is 2.34. The number of benzene rings is 2. The Morgan fingerprint density at radius 1 is 1.12 bits per heavy atom. The van der Waals surface area contributed by atoms with Crippen LogP contribution in [0, 0.1) is 11.6 Å². The zero-order valence-electron chi connectivity index (χ0n) is 22.4. The molecule has 42 heavy (non-hydrogen) atoms. The van der Waals surface area contributed by atoms with Gasteiger partial charge < -0.3 is 20.5 Å². The highest BCUT2D eigenvalue weighted by Gasteiger charge is 2.20. The molecular formula is C28H25F2N7O5. The summed E-state index contributed by atoms with van der Waals surface area (Å²) in [5.41, 5.74) is -1.51. The van der Waals surface area contributed by atoms with Crippen LogP contribution in [0.3, 0.4) is 0 Å². The third kappa shape index (κ3) is 5.47. The fourth-order valence-electron chi connectivity index (χ4n) is 4.17. The van der Waals surface area contributed by atoms with E-state index in [1.54, 1.807) is 13.8 Å². The van der Waals surface area contributed by atoms with Crippen LogP contribution in [-0.2, 0) is 6.54 Å². The third-order valence-corrected chi connectivity index (χ3v) is 6.32. The summed E-state index contributed by atoms with van der Waals surface area (Å²) in [5, 5.41) is 22.2. The molecule has 0 bridgehead atoms. The average Bonchev–Trinajstić information content (AvgIpc) is 3.39. The van der Waals surface area contributed by atoms with E-state index in [2.05, 4.69) is 25.8 Å². The molecule has 0 unspecified atom stereocenters. The molecule has 0 saturated carbocycles. The Balaban J connectivity index is 1.42. The van der Waals surface area contributed by atoms with Gasteiger partial charge in [-0.2, -0.15) is 5.10 Å². The molecule has 216 valence electrons. The second kappa shape index (κ2) is 11.6. The van der Waals surface area contributed by atoms with Crippen LogP contribution in [0.25, 0.3) is 16.7 Å². The number of aryl methyl sites for hydroxylation is 1. The van der Waals surface area contributed by atoms with E-state index in [0.29, 0.717) is 16.9 Å². The van der Waals surface area contributed by atoms with Crippen LogP contribution in [0.5, 0.6) is 11.5 Å². The number of hydrogen-bond donors (Lipinski definition) is 4. The molecule has 0 aliphatic heterocycles. The molecule has 3 aromatic heterocycles. The van der Waals surface area contributed by atoms with Crippen molar-refractivity contribution in [2.24, 2.45) is 0 Å². The highest BCUT2D eigenvalue weighted by molar-refractivity contribution is 6.04. The summed E-state index contributed by atoms with van der Waals surface area (Å²) in [6.07, 6.45) is 2.58. The summed E-state index contributed by atoms with van der Waals surface area (Å²) in [7, 11) is 0. The van der Waals surface area contributed by atoms with Gasteiger partial charge in [0.15, 0.2) is 23.0 Å². The number of hydrogen-bond acceptors (Lipinski definition) is 8. The van der Waals surface area contributed by atoms with Crippen molar-refractivity contribution in [3.05, 3.63) is 99.0 Å². The van der Waals surface area contributed by atoms with Gasteiger partial charge in [0.25, 0.3) is 11.5 Å². The number of carbonyl (C=O) groups is 1. The van der Waals surface area contributed by atoms with Crippen molar-refractivity contribution >= 4 is 28.4 Å². The predicted molar refractivity (Wildman–Crippen MR) is 150 cm³/mol. The Bertz CT molecular complexity index is 1900. The minimum atomic E-state index is -0.920. The smallest absolute Gasteiger partial charge is 0.335 e. The number of nitrogens with zero attached hydrogens (tertiary/aromatic N) is 4. The Morgan fingerprint density at radius 2 is 1.88 bits per heavy atom. The first-order valence-electron chi connectivity index (χ1n) is 12.8. The molecule has 12 nitrogen and oxygen atoms in total. The number of halogens is 2. The van der Waals surface area contributed by atoms with Crippen molar-refractivity contribution in [1.29, 1.82) is 0 Å². The fourth-order valence-corrected chi connectivity index (χ4v) is 4.17. The summed E-state index contributed by atoms with van der Waals surface area (Å²) in [6.45, 7) is 3.41. The summed E-state index contributed by atoms with van der Waals surface area (Å²) >= 11 is 0. The number of rotatable bonds is 9. The second-order valence-electron chi connectivity index (χ2n) is 9.26. The first-order chi connectivity index (χ1) is 20.2. The van der Waals surface area contributed by atoms with E-state index in [9.17, 15) is 23.9 Å². The van der Waals surface area contributed by atoms with E-state index in [1.165, 1.54) is 36.5 Å². The van der Waals surface area contributed by atoms with Crippen LogP contribution in [0.2, 0.25) is 0 Å². The molecule has 0 spiro atoms. The lowest BCUT2D eigenvalue weighted by atomic mass is 10.2. The molecular weight excluding hydrogens is 552 g/mol. The zero-order valence-corrected chi connectivity index (χ0v) is 22.4. The van der Waals surface area contributed by atoms with Gasteiger partial charge in [-0.3, -0.25) is 19.3 Å². The standard InChI is InChI=1S/C28H25F2N7O5/c1-3-36-13-19(27(40)37(28(36)41)18-7-4-16(29)5-8-18)26(39)33-17-6-9-21(20(30)12-17)42-22-10-11-31-24-23(22)25(35-34-24)32-15(2)14-38/h4-13,15,38H,3,14H2,1-2H3,(H,33,39)(H2,31,32,34,35)/t15-/m0/s1. The van der Waals surface area contributed by atoms with Gasteiger partial charge in [0.2, 0.25) is 0 Å². The molecule has 1 atom stereocenters. The largest absolute Gasteiger partial charge is 0.453 e. The van der Waals surface area contributed by atoms with Crippen LogP contribution in [0.1, 0.15) is 24.2 Å². The van der Waals surface area contributed by atoms with Gasteiger partial charge in [-0.1, -0.05) is 0 Å². The van der Waals surface area contributed by atoms with E-state index in [-0.39, 0.29) is 47.6 Å². The average molecular weight is 578 g/mol. The second-order valence-corrected chi connectivity index (χ2v) is 9.26.